The zero-order valence-corrected chi connectivity index (χ0v) is 11.5. The van der Waals surface area contributed by atoms with Crippen LogP contribution in [0.2, 0.25) is 0 Å². The first-order chi connectivity index (χ1) is 9.31. The van der Waals surface area contributed by atoms with Gasteiger partial charge in [0.2, 0.25) is 17.7 Å². The summed E-state index contributed by atoms with van der Waals surface area (Å²) in [7, 11) is 0. The van der Waals surface area contributed by atoms with Gasteiger partial charge in [0.1, 0.15) is 6.04 Å². The molecule has 0 aromatic rings. The average Bonchev–Trinajstić information content (AvgIpc) is 2.81. The number of aliphatic carboxylic acids is 1. The van der Waals surface area contributed by atoms with Crippen molar-refractivity contribution in [2.24, 2.45) is 17.8 Å². The van der Waals surface area contributed by atoms with E-state index in [1.165, 1.54) is 6.92 Å². The molecule has 2 rings (SSSR count). The van der Waals surface area contributed by atoms with Crippen molar-refractivity contribution in [2.45, 2.75) is 32.7 Å². The minimum atomic E-state index is -1.26. The van der Waals surface area contributed by atoms with Gasteiger partial charge >= 0.3 is 5.97 Å². The van der Waals surface area contributed by atoms with Crippen LogP contribution in [-0.4, -0.2) is 46.3 Å². The molecule has 7 heteroatoms. The van der Waals surface area contributed by atoms with E-state index in [1.807, 2.05) is 6.92 Å². The Balaban J connectivity index is 2.10. The van der Waals surface area contributed by atoms with E-state index in [0.717, 1.165) is 4.90 Å². The maximum atomic E-state index is 12.2. The standard InChI is InChI=1S/C13H18N2O5/c1-6-3-8-9(4-6)12(18)15(11(8)17)5-10(13(19)20)14-7(2)16/h6,8-10H,3-5H2,1-2H3,(H,14,16)(H,19,20). The van der Waals surface area contributed by atoms with Crippen molar-refractivity contribution in [2.75, 3.05) is 6.54 Å². The highest BCUT2D eigenvalue weighted by molar-refractivity contribution is 6.06. The highest BCUT2D eigenvalue weighted by atomic mass is 16.4. The Bertz CT molecular complexity index is 451. The predicted molar refractivity (Wildman–Crippen MR) is 67.3 cm³/mol. The Morgan fingerprint density at radius 2 is 1.80 bits per heavy atom. The van der Waals surface area contributed by atoms with Gasteiger partial charge in [-0.1, -0.05) is 6.92 Å². The van der Waals surface area contributed by atoms with Crippen LogP contribution in [-0.2, 0) is 19.2 Å². The quantitative estimate of drug-likeness (QED) is 0.683. The lowest BCUT2D eigenvalue weighted by Crippen LogP contribution is -2.49. The highest BCUT2D eigenvalue weighted by Gasteiger charge is 2.52. The fourth-order valence-corrected chi connectivity index (χ4v) is 3.14. The second-order valence-corrected chi connectivity index (χ2v) is 5.67. The summed E-state index contributed by atoms with van der Waals surface area (Å²) in [6, 6.07) is -1.25. The second kappa shape index (κ2) is 5.22. The smallest absolute Gasteiger partial charge is 0.328 e. The maximum Gasteiger partial charge on any atom is 0.328 e. The summed E-state index contributed by atoms with van der Waals surface area (Å²) in [6.45, 7) is 2.90. The molecule has 0 spiro atoms. The molecule has 0 aromatic heterocycles. The van der Waals surface area contributed by atoms with Crippen molar-refractivity contribution in [3.05, 3.63) is 0 Å². The lowest BCUT2D eigenvalue weighted by atomic mass is 10.00. The molecule has 2 N–H and O–H groups in total. The summed E-state index contributed by atoms with van der Waals surface area (Å²) >= 11 is 0. The third-order valence-corrected chi connectivity index (χ3v) is 4.01. The molecule has 20 heavy (non-hydrogen) atoms. The van der Waals surface area contributed by atoms with E-state index in [4.69, 9.17) is 5.11 Å². The summed E-state index contributed by atoms with van der Waals surface area (Å²) in [4.78, 5) is 47.4. The molecule has 3 amide bonds. The van der Waals surface area contributed by atoms with Crippen LogP contribution in [0.15, 0.2) is 0 Å². The number of carbonyl (C=O) groups is 4. The molecule has 1 aliphatic carbocycles. The van der Waals surface area contributed by atoms with Crippen molar-refractivity contribution in [1.29, 1.82) is 0 Å². The SMILES string of the molecule is CC(=O)NC(CN1C(=O)C2CC(C)CC2C1=O)C(=O)O. The molecule has 0 radical (unpaired) electrons. The second-order valence-electron chi connectivity index (χ2n) is 5.67. The van der Waals surface area contributed by atoms with E-state index in [0.29, 0.717) is 18.8 Å². The predicted octanol–water partition coefficient (Wildman–Crippen LogP) is -0.393. The van der Waals surface area contributed by atoms with Gasteiger partial charge in [-0.3, -0.25) is 19.3 Å². The van der Waals surface area contributed by atoms with Crippen molar-refractivity contribution in [3.8, 4) is 0 Å². The molecule has 1 saturated heterocycles. The highest BCUT2D eigenvalue weighted by Crippen LogP contribution is 2.42. The fourth-order valence-electron chi connectivity index (χ4n) is 3.14. The first-order valence-corrected chi connectivity index (χ1v) is 6.66. The van der Waals surface area contributed by atoms with Gasteiger partial charge in [0.15, 0.2) is 0 Å². The Hall–Kier alpha value is -1.92. The van der Waals surface area contributed by atoms with Gasteiger partial charge in [0, 0.05) is 6.92 Å². The Labute approximate surface area is 116 Å². The number of carboxylic acid groups (broad SMARTS) is 1. The number of carboxylic acids is 1. The average molecular weight is 282 g/mol. The van der Waals surface area contributed by atoms with E-state index in [9.17, 15) is 19.2 Å². The van der Waals surface area contributed by atoms with Crippen LogP contribution in [0.1, 0.15) is 26.7 Å². The number of rotatable bonds is 4. The van der Waals surface area contributed by atoms with Crippen LogP contribution in [0.4, 0.5) is 0 Å². The maximum absolute atomic E-state index is 12.2. The monoisotopic (exact) mass is 282 g/mol. The molecule has 7 nitrogen and oxygen atoms in total. The first-order valence-electron chi connectivity index (χ1n) is 6.66. The van der Waals surface area contributed by atoms with Gasteiger partial charge in [0.05, 0.1) is 18.4 Å². The third kappa shape index (κ3) is 2.52. The molecular formula is C13H18N2O5. The summed E-state index contributed by atoms with van der Waals surface area (Å²) in [5.74, 6) is -2.67. The van der Waals surface area contributed by atoms with Crippen molar-refractivity contribution < 1.29 is 24.3 Å². The summed E-state index contributed by atoms with van der Waals surface area (Å²) in [5, 5.41) is 11.3. The normalized spacial score (nSPS) is 30.3. The van der Waals surface area contributed by atoms with Gasteiger partial charge in [-0.15, -0.1) is 0 Å². The summed E-state index contributed by atoms with van der Waals surface area (Å²) in [6.07, 6.45) is 1.34. The van der Waals surface area contributed by atoms with Crippen LogP contribution in [0, 0.1) is 17.8 Å². The van der Waals surface area contributed by atoms with E-state index in [2.05, 4.69) is 5.32 Å². The zero-order chi connectivity index (χ0) is 15.0. The molecule has 0 aromatic carbocycles. The molecule has 110 valence electrons. The zero-order valence-electron chi connectivity index (χ0n) is 11.5. The van der Waals surface area contributed by atoms with E-state index in [1.54, 1.807) is 0 Å². The molecule has 1 saturated carbocycles. The topological polar surface area (TPSA) is 104 Å². The Morgan fingerprint density at radius 1 is 1.30 bits per heavy atom. The molecule has 1 heterocycles. The number of nitrogens with one attached hydrogen (secondary N) is 1. The molecule has 3 atom stereocenters. The van der Waals surface area contributed by atoms with Gasteiger partial charge in [0.25, 0.3) is 0 Å². The molecule has 1 aliphatic heterocycles. The number of imide groups is 1. The largest absolute Gasteiger partial charge is 0.480 e. The number of carbonyl (C=O) groups excluding carboxylic acids is 3. The third-order valence-electron chi connectivity index (χ3n) is 4.01. The van der Waals surface area contributed by atoms with Crippen LogP contribution in [0.3, 0.4) is 0 Å². The van der Waals surface area contributed by atoms with Crippen LogP contribution in [0.25, 0.3) is 0 Å². The lowest BCUT2D eigenvalue weighted by Gasteiger charge is -2.21. The van der Waals surface area contributed by atoms with E-state index >= 15 is 0 Å². The number of fused-ring (bicyclic) bond motifs is 1. The first kappa shape index (κ1) is 14.5. The molecule has 3 unspecified atom stereocenters. The van der Waals surface area contributed by atoms with Crippen LogP contribution < -0.4 is 5.32 Å². The number of hydrogen-bond donors (Lipinski definition) is 2. The van der Waals surface area contributed by atoms with Crippen molar-refractivity contribution in [1.82, 2.24) is 10.2 Å². The van der Waals surface area contributed by atoms with Crippen molar-refractivity contribution in [3.63, 3.8) is 0 Å². The molecule has 2 aliphatic rings. The van der Waals surface area contributed by atoms with Gasteiger partial charge in [-0.25, -0.2) is 4.79 Å². The number of hydrogen-bond acceptors (Lipinski definition) is 4. The minimum Gasteiger partial charge on any atom is -0.480 e. The summed E-state index contributed by atoms with van der Waals surface area (Å²) < 4.78 is 0. The molecule has 2 fully saturated rings. The van der Waals surface area contributed by atoms with E-state index in [-0.39, 0.29) is 30.2 Å². The molecular weight excluding hydrogens is 264 g/mol. The Kier molecular flexibility index (Phi) is 3.78. The van der Waals surface area contributed by atoms with Crippen molar-refractivity contribution >= 4 is 23.7 Å². The van der Waals surface area contributed by atoms with Gasteiger partial charge in [-0.05, 0) is 18.8 Å². The fraction of sp³-hybridized carbons (Fsp3) is 0.692. The number of nitrogens with zero attached hydrogens (tertiary/aromatic N) is 1. The van der Waals surface area contributed by atoms with E-state index < -0.39 is 17.9 Å². The van der Waals surface area contributed by atoms with Gasteiger partial charge < -0.3 is 10.4 Å². The van der Waals surface area contributed by atoms with Crippen LogP contribution >= 0.6 is 0 Å². The molecule has 0 bridgehead atoms. The van der Waals surface area contributed by atoms with Gasteiger partial charge in [-0.2, -0.15) is 0 Å². The lowest BCUT2D eigenvalue weighted by molar-refractivity contribution is -0.146. The van der Waals surface area contributed by atoms with Crippen LogP contribution in [0.5, 0.6) is 0 Å². The number of amides is 3. The number of likely N-dealkylation sites (tertiary alicyclic amines) is 1. The summed E-state index contributed by atoms with van der Waals surface area (Å²) in [5.41, 5.74) is 0. The minimum absolute atomic E-state index is 0.298. The Morgan fingerprint density at radius 3 is 2.20 bits per heavy atom.